The molecular weight excluding hydrogens is 302 g/mol. The number of hydrogen-bond acceptors (Lipinski definition) is 5. The van der Waals surface area contributed by atoms with E-state index in [0.29, 0.717) is 10.9 Å². The average molecular weight is 310 g/mol. The number of nitrogens with zero attached hydrogens (tertiary/aromatic N) is 3. The standard InChI is InChI=1S/C10H8BrN5S/c11-6-1-2-8(15-5-6)17-10-14-4-3-7(16-10)9(12)13/h1-5H,(H3,12,13). The van der Waals surface area contributed by atoms with Crippen molar-refractivity contribution < 1.29 is 0 Å². The summed E-state index contributed by atoms with van der Waals surface area (Å²) in [6.07, 6.45) is 3.28. The molecule has 0 aliphatic heterocycles. The lowest BCUT2D eigenvalue weighted by atomic mass is 10.4. The Morgan fingerprint density at radius 3 is 2.76 bits per heavy atom. The molecule has 0 aliphatic rings. The van der Waals surface area contributed by atoms with E-state index in [2.05, 4.69) is 30.9 Å². The molecule has 0 saturated heterocycles. The number of amidine groups is 1. The maximum atomic E-state index is 7.30. The fourth-order valence-corrected chi connectivity index (χ4v) is 1.98. The number of pyridine rings is 1. The van der Waals surface area contributed by atoms with Gasteiger partial charge in [0.05, 0.1) is 0 Å². The van der Waals surface area contributed by atoms with Gasteiger partial charge in [-0.15, -0.1) is 0 Å². The Labute approximate surface area is 111 Å². The van der Waals surface area contributed by atoms with Gasteiger partial charge < -0.3 is 5.73 Å². The molecule has 0 aromatic carbocycles. The lowest BCUT2D eigenvalue weighted by Gasteiger charge is -2.01. The Hall–Kier alpha value is -1.47. The van der Waals surface area contributed by atoms with Crippen LogP contribution < -0.4 is 5.73 Å². The van der Waals surface area contributed by atoms with Crippen molar-refractivity contribution in [3.63, 3.8) is 0 Å². The first-order chi connectivity index (χ1) is 8.15. The molecule has 2 rings (SSSR count). The summed E-state index contributed by atoms with van der Waals surface area (Å²) in [5.74, 6) is -0.0713. The van der Waals surface area contributed by atoms with E-state index in [1.54, 1.807) is 18.5 Å². The third-order valence-corrected chi connectivity index (χ3v) is 3.10. The summed E-state index contributed by atoms with van der Waals surface area (Å²) in [5, 5.41) is 8.60. The van der Waals surface area contributed by atoms with Crippen molar-refractivity contribution in [1.82, 2.24) is 15.0 Å². The summed E-state index contributed by atoms with van der Waals surface area (Å²) in [6.45, 7) is 0. The smallest absolute Gasteiger partial charge is 0.194 e. The fraction of sp³-hybridized carbons (Fsp3) is 0. The van der Waals surface area contributed by atoms with Gasteiger partial charge >= 0.3 is 0 Å². The lowest BCUT2D eigenvalue weighted by Crippen LogP contribution is -2.13. The number of nitrogens with two attached hydrogens (primary N) is 1. The molecule has 2 heterocycles. The zero-order valence-electron chi connectivity index (χ0n) is 8.59. The normalized spacial score (nSPS) is 10.2. The Morgan fingerprint density at radius 2 is 2.12 bits per heavy atom. The van der Waals surface area contributed by atoms with Gasteiger partial charge in [0.15, 0.2) is 5.16 Å². The highest BCUT2D eigenvalue weighted by atomic mass is 79.9. The van der Waals surface area contributed by atoms with E-state index in [1.165, 1.54) is 11.8 Å². The van der Waals surface area contributed by atoms with E-state index in [0.717, 1.165) is 9.50 Å². The molecule has 86 valence electrons. The van der Waals surface area contributed by atoms with Crippen LogP contribution in [0.3, 0.4) is 0 Å². The summed E-state index contributed by atoms with van der Waals surface area (Å²) in [6, 6.07) is 5.35. The molecule has 7 heteroatoms. The lowest BCUT2D eigenvalue weighted by molar-refractivity contribution is 0.948. The van der Waals surface area contributed by atoms with Gasteiger partial charge in [0.1, 0.15) is 16.6 Å². The van der Waals surface area contributed by atoms with Crippen molar-refractivity contribution in [3.05, 3.63) is 40.8 Å². The van der Waals surface area contributed by atoms with Crippen LogP contribution in [0.5, 0.6) is 0 Å². The average Bonchev–Trinajstić information content (AvgIpc) is 2.32. The molecule has 0 aliphatic carbocycles. The van der Waals surface area contributed by atoms with Gasteiger partial charge in [0.2, 0.25) is 0 Å². The van der Waals surface area contributed by atoms with Crippen molar-refractivity contribution in [2.75, 3.05) is 0 Å². The third kappa shape index (κ3) is 3.24. The summed E-state index contributed by atoms with van der Waals surface area (Å²) in [5.41, 5.74) is 5.77. The van der Waals surface area contributed by atoms with E-state index in [4.69, 9.17) is 11.1 Å². The van der Waals surface area contributed by atoms with Gasteiger partial charge in [0, 0.05) is 16.9 Å². The predicted molar refractivity (Wildman–Crippen MR) is 69.1 cm³/mol. The van der Waals surface area contributed by atoms with Crippen LogP contribution in [-0.2, 0) is 0 Å². The molecule has 5 nitrogen and oxygen atoms in total. The molecule has 0 unspecified atom stereocenters. The van der Waals surface area contributed by atoms with Gasteiger partial charge in [-0.25, -0.2) is 15.0 Å². The van der Waals surface area contributed by atoms with Crippen molar-refractivity contribution in [1.29, 1.82) is 5.41 Å². The Morgan fingerprint density at radius 1 is 1.29 bits per heavy atom. The van der Waals surface area contributed by atoms with E-state index in [1.807, 2.05) is 12.1 Å². The number of rotatable bonds is 3. The molecule has 0 atom stereocenters. The van der Waals surface area contributed by atoms with Crippen LogP contribution in [0.1, 0.15) is 5.69 Å². The van der Waals surface area contributed by atoms with Crippen molar-refractivity contribution in [2.24, 2.45) is 5.73 Å². The largest absolute Gasteiger partial charge is 0.382 e. The molecule has 2 aromatic rings. The van der Waals surface area contributed by atoms with Crippen LogP contribution in [0, 0.1) is 5.41 Å². The Bertz CT molecular complexity index is 543. The van der Waals surface area contributed by atoms with Crippen LogP contribution in [0.15, 0.2) is 45.2 Å². The van der Waals surface area contributed by atoms with Crippen LogP contribution >= 0.6 is 27.7 Å². The topological polar surface area (TPSA) is 88.5 Å². The maximum Gasteiger partial charge on any atom is 0.194 e. The Balaban J connectivity index is 2.21. The van der Waals surface area contributed by atoms with E-state index < -0.39 is 0 Å². The van der Waals surface area contributed by atoms with Crippen molar-refractivity contribution in [2.45, 2.75) is 10.2 Å². The number of aromatic nitrogens is 3. The summed E-state index contributed by atoms with van der Waals surface area (Å²) >= 11 is 4.64. The van der Waals surface area contributed by atoms with Crippen LogP contribution in [0.25, 0.3) is 0 Å². The fourth-order valence-electron chi connectivity index (χ4n) is 1.06. The quantitative estimate of drug-likeness (QED) is 0.515. The molecular formula is C10H8BrN5S. The minimum Gasteiger partial charge on any atom is -0.382 e. The highest BCUT2D eigenvalue weighted by Crippen LogP contribution is 2.23. The monoisotopic (exact) mass is 309 g/mol. The molecule has 0 spiro atoms. The van der Waals surface area contributed by atoms with E-state index >= 15 is 0 Å². The number of nitrogens with one attached hydrogen (secondary N) is 1. The summed E-state index contributed by atoms with van der Waals surface area (Å²) < 4.78 is 0.917. The SMILES string of the molecule is N=C(N)c1ccnc(Sc2ccc(Br)cn2)n1. The highest BCUT2D eigenvalue weighted by Gasteiger charge is 2.04. The molecule has 0 amide bonds. The predicted octanol–water partition coefficient (Wildman–Crippen LogP) is 2.07. The van der Waals surface area contributed by atoms with Gasteiger partial charge in [-0.1, -0.05) is 0 Å². The molecule has 3 N–H and O–H groups in total. The zero-order valence-corrected chi connectivity index (χ0v) is 11.0. The minimum absolute atomic E-state index is 0.0713. The van der Waals surface area contributed by atoms with Crippen LogP contribution in [0.2, 0.25) is 0 Å². The Kier molecular flexibility index (Phi) is 3.70. The van der Waals surface area contributed by atoms with E-state index in [9.17, 15) is 0 Å². The van der Waals surface area contributed by atoms with Crippen LogP contribution in [0.4, 0.5) is 0 Å². The number of halogens is 1. The highest BCUT2D eigenvalue weighted by molar-refractivity contribution is 9.10. The molecule has 0 saturated carbocycles. The first-order valence-corrected chi connectivity index (χ1v) is 6.23. The van der Waals surface area contributed by atoms with Gasteiger partial charge in [-0.2, -0.15) is 0 Å². The maximum absolute atomic E-state index is 7.30. The van der Waals surface area contributed by atoms with E-state index in [-0.39, 0.29) is 5.84 Å². The zero-order chi connectivity index (χ0) is 12.3. The molecule has 0 fully saturated rings. The second kappa shape index (κ2) is 5.24. The van der Waals surface area contributed by atoms with Gasteiger partial charge in [0.25, 0.3) is 0 Å². The molecule has 0 bridgehead atoms. The molecule has 2 aromatic heterocycles. The van der Waals surface area contributed by atoms with Crippen molar-refractivity contribution in [3.8, 4) is 0 Å². The number of nitrogen functional groups attached to an aromatic ring is 1. The third-order valence-electron chi connectivity index (χ3n) is 1.81. The van der Waals surface area contributed by atoms with Gasteiger partial charge in [-0.05, 0) is 45.9 Å². The molecule has 17 heavy (non-hydrogen) atoms. The summed E-state index contributed by atoms with van der Waals surface area (Å²) in [7, 11) is 0. The second-order valence-electron chi connectivity index (χ2n) is 3.05. The summed E-state index contributed by atoms with van der Waals surface area (Å²) in [4.78, 5) is 12.4. The first-order valence-electron chi connectivity index (χ1n) is 4.62. The van der Waals surface area contributed by atoms with Crippen LogP contribution in [-0.4, -0.2) is 20.8 Å². The van der Waals surface area contributed by atoms with Gasteiger partial charge in [-0.3, -0.25) is 5.41 Å². The molecule has 0 radical (unpaired) electrons. The first kappa shape index (κ1) is 12.0. The number of hydrogen-bond donors (Lipinski definition) is 2. The minimum atomic E-state index is -0.0713. The second-order valence-corrected chi connectivity index (χ2v) is 4.96. The van der Waals surface area contributed by atoms with Crippen molar-refractivity contribution >= 4 is 33.5 Å².